The molecule has 4 N–H and O–H groups in total. The Kier molecular flexibility index (Phi) is 2.12. The largest absolute Gasteiger partial charge is 0.383 e. The van der Waals surface area contributed by atoms with Crippen LogP contribution in [-0.2, 0) is 5.67 Å². The van der Waals surface area contributed by atoms with Gasteiger partial charge in [-0.25, -0.2) is 9.37 Å². The van der Waals surface area contributed by atoms with Gasteiger partial charge in [-0.2, -0.15) is 0 Å². The first-order valence-corrected chi connectivity index (χ1v) is 4.75. The summed E-state index contributed by atoms with van der Waals surface area (Å²) in [5.74, 6) is 0.198. The lowest BCUT2D eigenvalue weighted by Crippen LogP contribution is -2.46. The SMILES string of the molecule is Nc1ncc(Cl)cc1C1(F)CC(N)C1. The predicted octanol–water partition coefficient (Wildman–Crippen LogP) is 1.60. The second-order valence-electron chi connectivity index (χ2n) is 3.72. The minimum Gasteiger partial charge on any atom is -0.383 e. The van der Waals surface area contributed by atoms with Crippen LogP contribution < -0.4 is 11.5 Å². The molecule has 1 fully saturated rings. The molecule has 3 nitrogen and oxygen atoms in total. The molecule has 0 atom stereocenters. The van der Waals surface area contributed by atoms with Crippen molar-refractivity contribution < 1.29 is 4.39 Å². The van der Waals surface area contributed by atoms with Gasteiger partial charge in [0.1, 0.15) is 11.5 Å². The van der Waals surface area contributed by atoms with E-state index in [1.807, 2.05) is 0 Å². The second kappa shape index (κ2) is 3.07. The lowest BCUT2D eigenvalue weighted by Gasteiger charge is -2.39. The Bertz CT molecular complexity index is 363. The van der Waals surface area contributed by atoms with Crippen molar-refractivity contribution in [1.82, 2.24) is 4.98 Å². The minimum atomic E-state index is -1.43. The number of nitrogens with two attached hydrogens (primary N) is 2. The zero-order valence-electron chi connectivity index (χ0n) is 7.50. The first-order valence-electron chi connectivity index (χ1n) is 4.37. The quantitative estimate of drug-likeness (QED) is 0.748. The van der Waals surface area contributed by atoms with Crippen LogP contribution in [0.1, 0.15) is 18.4 Å². The van der Waals surface area contributed by atoms with Gasteiger partial charge < -0.3 is 11.5 Å². The zero-order valence-corrected chi connectivity index (χ0v) is 8.26. The molecule has 1 aliphatic rings. The Labute approximate surface area is 86.3 Å². The van der Waals surface area contributed by atoms with E-state index < -0.39 is 5.67 Å². The van der Waals surface area contributed by atoms with Crippen LogP contribution in [0.25, 0.3) is 0 Å². The minimum absolute atomic E-state index is 0.0848. The molecule has 0 radical (unpaired) electrons. The molecular weight excluding hydrogens is 205 g/mol. The molecule has 0 saturated heterocycles. The molecule has 0 amide bonds. The van der Waals surface area contributed by atoms with Gasteiger partial charge in [-0.05, 0) is 6.07 Å². The first kappa shape index (κ1) is 9.68. The van der Waals surface area contributed by atoms with Crippen molar-refractivity contribution in [2.24, 2.45) is 5.73 Å². The molecule has 0 aromatic carbocycles. The average Bonchev–Trinajstić information content (AvgIpc) is 2.07. The maximum atomic E-state index is 14.1. The van der Waals surface area contributed by atoms with Gasteiger partial charge in [-0.15, -0.1) is 0 Å². The molecule has 76 valence electrons. The van der Waals surface area contributed by atoms with Gasteiger partial charge in [-0.3, -0.25) is 0 Å². The maximum Gasteiger partial charge on any atom is 0.142 e. The van der Waals surface area contributed by atoms with Crippen molar-refractivity contribution in [3.63, 3.8) is 0 Å². The third-order valence-corrected chi connectivity index (χ3v) is 2.75. The van der Waals surface area contributed by atoms with Crippen LogP contribution in [0.3, 0.4) is 0 Å². The predicted molar refractivity (Wildman–Crippen MR) is 53.7 cm³/mol. The van der Waals surface area contributed by atoms with Crippen LogP contribution >= 0.6 is 11.6 Å². The lowest BCUT2D eigenvalue weighted by atomic mass is 9.73. The Balaban J connectivity index is 2.36. The molecule has 1 heterocycles. The van der Waals surface area contributed by atoms with E-state index in [2.05, 4.69) is 4.98 Å². The fourth-order valence-electron chi connectivity index (χ4n) is 1.80. The molecule has 0 spiro atoms. The Morgan fingerprint density at radius 1 is 1.57 bits per heavy atom. The Morgan fingerprint density at radius 3 is 2.79 bits per heavy atom. The van der Waals surface area contributed by atoms with Crippen LogP contribution in [0, 0.1) is 0 Å². The van der Waals surface area contributed by atoms with E-state index in [9.17, 15) is 4.39 Å². The van der Waals surface area contributed by atoms with Gasteiger partial charge in [0.2, 0.25) is 0 Å². The molecule has 0 bridgehead atoms. The summed E-state index contributed by atoms with van der Waals surface area (Å²) in [5.41, 5.74) is 10.1. The van der Waals surface area contributed by atoms with Crippen LogP contribution in [0.5, 0.6) is 0 Å². The Hall–Kier alpha value is -0.870. The second-order valence-corrected chi connectivity index (χ2v) is 4.16. The van der Waals surface area contributed by atoms with Crippen LogP contribution in [0.2, 0.25) is 5.02 Å². The molecule has 0 aliphatic heterocycles. The normalized spacial score (nSPS) is 31.2. The smallest absolute Gasteiger partial charge is 0.142 e. The fourth-order valence-corrected chi connectivity index (χ4v) is 1.96. The highest BCUT2D eigenvalue weighted by Crippen LogP contribution is 2.46. The number of rotatable bonds is 1. The van der Waals surface area contributed by atoms with Crippen molar-refractivity contribution in [3.05, 3.63) is 22.8 Å². The number of pyridine rings is 1. The van der Waals surface area contributed by atoms with Crippen molar-refractivity contribution >= 4 is 17.4 Å². The summed E-state index contributed by atoms with van der Waals surface area (Å²) >= 11 is 5.72. The van der Waals surface area contributed by atoms with Crippen LogP contribution in [0.4, 0.5) is 10.2 Å². The number of aromatic nitrogens is 1. The van der Waals surface area contributed by atoms with Gasteiger partial charge >= 0.3 is 0 Å². The summed E-state index contributed by atoms with van der Waals surface area (Å²) in [6, 6.07) is 1.44. The van der Waals surface area contributed by atoms with Gasteiger partial charge in [0.25, 0.3) is 0 Å². The summed E-state index contributed by atoms with van der Waals surface area (Å²) in [6.07, 6.45) is 1.99. The maximum absolute atomic E-state index is 14.1. The van der Waals surface area contributed by atoms with E-state index in [0.717, 1.165) is 0 Å². The number of halogens is 2. The zero-order chi connectivity index (χ0) is 10.3. The standard InChI is InChI=1S/C9H11ClFN3/c10-5-1-7(8(13)14-4-5)9(11)2-6(12)3-9/h1,4,6H,2-3,12H2,(H2,13,14). The first-order chi connectivity index (χ1) is 6.51. The molecule has 2 rings (SSSR count). The molecule has 0 unspecified atom stereocenters. The summed E-state index contributed by atoms with van der Waals surface area (Å²) in [4.78, 5) is 3.82. The molecule has 1 aliphatic carbocycles. The highest BCUT2D eigenvalue weighted by Gasteiger charge is 2.46. The number of hydrogen-bond acceptors (Lipinski definition) is 3. The van der Waals surface area contributed by atoms with E-state index in [1.54, 1.807) is 0 Å². The highest BCUT2D eigenvalue weighted by atomic mass is 35.5. The molecular formula is C9H11ClFN3. The summed E-state index contributed by atoms with van der Waals surface area (Å²) < 4.78 is 14.1. The van der Waals surface area contributed by atoms with Crippen molar-refractivity contribution in [2.75, 3.05) is 5.73 Å². The molecule has 1 saturated carbocycles. The summed E-state index contributed by atoms with van der Waals surface area (Å²) in [7, 11) is 0. The molecule has 1 aromatic heterocycles. The molecule has 14 heavy (non-hydrogen) atoms. The van der Waals surface area contributed by atoms with Gasteiger partial charge in [0, 0.05) is 30.6 Å². The van der Waals surface area contributed by atoms with E-state index >= 15 is 0 Å². The third-order valence-electron chi connectivity index (χ3n) is 2.54. The number of anilines is 1. The van der Waals surface area contributed by atoms with Gasteiger partial charge in [0.05, 0.1) is 5.02 Å². The lowest BCUT2D eigenvalue weighted by molar-refractivity contribution is 0.0411. The van der Waals surface area contributed by atoms with E-state index in [1.165, 1.54) is 12.3 Å². The van der Waals surface area contributed by atoms with Crippen molar-refractivity contribution in [3.8, 4) is 0 Å². The monoisotopic (exact) mass is 215 g/mol. The molecule has 5 heteroatoms. The number of alkyl halides is 1. The summed E-state index contributed by atoms with van der Waals surface area (Å²) in [6.45, 7) is 0. The summed E-state index contributed by atoms with van der Waals surface area (Å²) in [5, 5.41) is 0.395. The van der Waals surface area contributed by atoms with E-state index in [4.69, 9.17) is 23.1 Å². The number of nitrogens with zero attached hydrogens (tertiary/aromatic N) is 1. The van der Waals surface area contributed by atoms with Crippen molar-refractivity contribution in [1.29, 1.82) is 0 Å². The van der Waals surface area contributed by atoms with E-state index in [-0.39, 0.29) is 11.9 Å². The number of nitrogen functional groups attached to an aromatic ring is 1. The Morgan fingerprint density at radius 2 is 2.21 bits per heavy atom. The molecule has 1 aromatic rings. The van der Waals surface area contributed by atoms with Crippen molar-refractivity contribution in [2.45, 2.75) is 24.6 Å². The fraction of sp³-hybridized carbons (Fsp3) is 0.444. The number of hydrogen-bond donors (Lipinski definition) is 2. The van der Waals surface area contributed by atoms with Gasteiger partial charge in [0.15, 0.2) is 0 Å². The van der Waals surface area contributed by atoms with Crippen LogP contribution in [0.15, 0.2) is 12.3 Å². The third kappa shape index (κ3) is 1.44. The van der Waals surface area contributed by atoms with Gasteiger partial charge in [-0.1, -0.05) is 11.6 Å². The van der Waals surface area contributed by atoms with E-state index in [0.29, 0.717) is 23.4 Å². The topological polar surface area (TPSA) is 64.9 Å². The van der Waals surface area contributed by atoms with Crippen LogP contribution in [-0.4, -0.2) is 11.0 Å². The average molecular weight is 216 g/mol. The highest BCUT2D eigenvalue weighted by molar-refractivity contribution is 6.30.